The number of thiazole rings is 1. The number of carbonyl (C=O) groups is 1. The molecule has 2 unspecified atom stereocenters. The molecule has 1 N–H and O–H groups in total. The highest BCUT2D eigenvalue weighted by Gasteiger charge is 2.41. The summed E-state index contributed by atoms with van der Waals surface area (Å²) in [5, 5.41) is 3.75. The average Bonchev–Trinajstić information content (AvgIpc) is 3.24. The summed E-state index contributed by atoms with van der Waals surface area (Å²) in [5.41, 5.74) is 2.09. The van der Waals surface area contributed by atoms with Gasteiger partial charge < -0.3 is 15.0 Å². The van der Waals surface area contributed by atoms with Crippen molar-refractivity contribution in [2.45, 2.75) is 25.4 Å². The Morgan fingerprint density at radius 1 is 1.48 bits per heavy atom. The third-order valence-corrected chi connectivity index (χ3v) is 5.49. The van der Waals surface area contributed by atoms with Crippen molar-refractivity contribution in [3.63, 3.8) is 0 Å². The predicted octanol–water partition coefficient (Wildman–Crippen LogP) is 2.08. The smallest absolute Gasteiger partial charge is 0.325 e. The molecule has 1 fully saturated rings. The van der Waals surface area contributed by atoms with Crippen LogP contribution < -0.4 is 15.0 Å². The number of fused-ring (bicyclic) bond motifs is 3. The molecule has 2 aliphatic rings. The van der Waals surface area contributed by atoms with Crippen molar-refractivity contribution in [2.24, 2.45) is 0 Å². The Labute approximate surface area is 150 Å². The molecule has 0 saturated carbocycles. The molecule has 130 valence electrons. The SMILES string of the molecule is CC#CC1C(CN(C)C)NC(=O)N1c1nc2c3c(ccc2s1)OCC3. The lowest BCUT2D eigenvalue weighted by molar-refractivity contribution is 0.249. The topological polar surface area (TPSA) is 57.7 Å². The second kappa shape index (κ2) is 6.21. The molecule has 7 heteroatoms. The number of hydrogen-bond donors (Lipinski definition) is 1. The van der Waals surface area contributed by atoms with Crippen LogP contribution in [-0.4, -0.2) is 55.2 Å². The van der Waals surface area contributed by atoms with Crippen LogP contribution in [0, 0.1) is 11.8 Å². The fraction of sp³-hybridized carbons (Fsp3) is 0.444. The van der Waals surface area contributed by atoms with E-state index in [9.17, 15) is 4.79 Å². The number of amides is 2. The molecule has 0 aliphatic carbocycles. The highest BCUT2D eigenvalue weighted by atomic mass is 32.1. The van der Waals surface area contributed by atoms with Crippen molar-refractivity contribution in [2.75, 3.05) is 32.1 Å². The molecule has 6 nitrogen and oxygen atoms in total. The van der Waals surface area contributed by atoms with Crippen LogP contribution in [0.5, 0.6) is 5.75 Å². The zero-order valence-electron chi connectivity index (χ0n) is 14.5. The van der Waals surface area contributed by atoms with Gasteiger partial charge in [0.15, 0.2) is 5.13 Å². The molecule has 3 heterocycles. The van der Waals surface area contributed by atoms with Gasteiger partial charge in [0.25, 0.3) is 0 Å². The van der Waals surface area contributed by atoms with E-state index in [2.05, 4.69) is 22.1 Å². The van der Waals surface area contributed by atoms with Crippen LogP contribution in [0.15, 0.2) is 12.1 Å². The van der Waals surface area contributed by atoms with Gasteiger partial charge in [0.05, 0.1) is 22.9 Å². The van der Waals surface area contributed by atoms with Gasteiger partial charge in [-0.3, -0.25) is 4.90 Å². The van der Waals surface area contributed by atoms with Gasteiger partial charge in [-0.2, -0.15) is 0 Å². The minimum absolute atomic E-state index is 0.0454. The number of urea groups is 1. The zero-order valence-corrected chi connectivity index (χ0v) is 15.3. The van der Waals surface area contributed by atoms with Crippen LogP contribution in [0.1, 0.15) is 12.5 Å². The van der Waals surface area contributed by atoms with E-state index in [4.69, 9.17) is 9.72 Å². The fourth-order valence-corrected chi connectivity index (χ4v) is 4.46. The summed E-state index contributed by atoms with van der Waals surface area (Å²) in [6.45, 7) is 3.23. The van der Waals surface area contributed by atoms with E-state index in [-0.39, 0.29) is 18.1 Å². The largest absolute Gasteiger partial charge is 0.493 e. The van der Waals surface area contributed by atoms with Crippen molar-refractivity contribution in [3.8, 4) is 17.6 Å². The monoisotopic (exact) mass is 356 g/mol. The Bertz CT molecular complexity index is 896. The number of hydrogen-bond acceptors (Lipinski definition) is 5. The van der Waals surface area contributed by atoms with Crippen LogP contribution in [0.2, 0.25) is 0 Å². The first kappa shape index (κ1) is 16.2. The minimum atomic E-state index is -0.218. The number of rotatable bonds is 3. The Balaban J connectivity index is 1.75. The average molecular weight is 356 g/mol. The number of nitrogens with one attached hydrogen (secondary N) is 1. The summed E-state index contributed by atoms with van der Waals surface area (Å²) in [7, 11) is 3.98. The first-order chi connectivity index (χ1) is 12.1. The van der Waals surface area contributed by atoms with Gasteiger partial charge in [-0.15, -0.1) is 5.92 Å². The summed E-state index contributed by atoms with van der Waals surface area (Å²) in [5.74, 6) is 7.05. The van der Waals surface area contributed by atoms with E-state index in [1.54, 1.807) is 11.8 Å². The highest BCUT2D eigenvalue weighted by molar-refractivity contribution is 7.22. The van der Waals surface area contributed by atoms with Crippen molar-refractivity contribution in [3.05, 3.63) is 17.7 Å². The molecule has 1 aromatic heterocycles. The van der Waals surface area contributed by atoms with E-state index >= 15 is 0 Å². The Kier molecular flexibility index (Phi) is 4.02. The van der Waals surface area contributed by atoms with Crippen LogP contribution >= 0.6 is 11.3 Å². The van der Waals surface area contributed by atoms with E-state index < -0.39 is 0 Å². The van der Waals surface area contributed by atoms with Crippen LogP contribution in [-0.2, 0) is 6.42 Å². The van der Waals surface area contributed by atoms with E-state index in [0.717, 1.165) is 34.5 Å². The van der Waals surface area contributed by atoms with Gasteiger partial charge in [-0.25, -0.2) is 9.78 Å². The van der Waals surface area contributed by atoms with Crippen molar-refractivity contribution in [1.82, 2.24) is 15.2 Å². The van der Waals surface area contributed by atoms with Gasteiger partial charge in [0, 0.05) is 18.5 Å². The quantitative estimate of drug-likeness (QED) is 0.856. The molecular formula is C18H20N4O2S. The number of likely N-dealkylation sites (N-methyl/N-ethyl adjacent to an activating group) is 1. The summed E-state index contributed by atoms with van der Waals surface area (Å²) in [4.78, 5) is 21.2. The highest BCUT2D eigenvalue weighted by Crippen LogP contribution is 2.38. The van der Waals surface area contributed by atoms with Crippen molar-refractivity contribution >= 4 is 32.7 Å². The lowest BCUT2D eigenvalue weighted by atomic mass is 10.1. The maximum atomic E-state index is 12.6. The lowest BCUT2D eigenvalue weighted by Gasteiger charge is -2.21. The number of aromatic nitrogens is 1. The first-order valence-electron chi connectivity index (χ1n) is 8.30. The molecule has 25 heavy (non-hydrogen) atoms. The molecular weight excluding hydrogens is 336 g/mol. The summed E-state index contributed by atoms with van der Waals surface area (Å²) in [6.07, 6.45) is 0.865. The maximum absolute atomic E-state index is 12.6. The maximum Gasteiger partial charge on any atom is 0.325 e. The molecule has 0 radical (unpaired) electrons. The second-order valence-corrected chi connectivity index (χ2v) is 7.52. The van der Waals surface area contributed by atoms with Crippen molar-refractivity contribution in [1.29, 1.82) is 0 Å². The molecule has 1 aromatic carbocycles. The number of carbonyl (C=O) groups excluding carboxylic acids is 1. The molecule has 2 aromatic rings. The van der Waals surface area contributed by atoms with Crippen LogP contribution in [0.4, 0.5) is 9.93 Å². The molecule has 2 atom stereocenters. The van der Waals surface area contributed by atoms with Gasteiger partial charge >= 0.3 is 6.03 Å². The van der Waals surface area contributed by atoms with Gasteiger partial charge in [0.2, 0.25) is 0 Å². The molecule has 2 amide bonds. The second-order valence-electron chi connectivity index (χ2n) is 6.51. The van der Waals surface area contributed by atoms with Crippen molar-refractivity contribution < 1.29 is 9.53 Å². The van der Waals surface area contributed by atoms with E-state index in [1.165, 1.54) is 11.3 Å². The van der Waals surface area contributed by atoms with Gasteiger partial charge in [-0.1, -0.05) is 17.3 Å². The minimum Gasteiger partial charge on any atom is -0.493 e. The molecule has 0 bridgehead atoms. The van der Waals surface area contributed by atoms with Gasteiger partial charge in [-0.05, 0) is 33.2 Å². The number of anilines is 1. The summed E-state index contributed by atoms with van der Waals surface area (Å²) in [6, 6.07) is 3.62. The lowest BCUT2D eigenvalue weighted by Crippen LogP contribution is -2.41. The molecule has 1 saturated heterocycles. The van der Waals surface area contributed by atoms with E-state index in [0.29, 0.717) is 11.7 Å². The Morgan fingerprint density at radius 2 is 2.32 bits per heavy atom. The molecule has 0 spiro atoms. The Morgan fingerprint density at radius 3 is 3.08 bits per heavy atom. The molecule has 2 aliphatic heterocycles. The number of benzene rings is 1. The molecule has 4 rings (SSSR count). The standard InChI is InChI=1S/C18H20N4O2S/c1-4-5-13-12(10-21(2)3)19-17(23)22(13)18-20-16-11-8-9-24-14(11)6-7-15(16)25-18/h6-7,12-13H,8-10H2,1-3H3,(H,19,23). The number of ether oxygens (including phenoxy) is 1. The fourth-order valence-electron chi connectivity index (χ4n) is 3.43. The van der Waals surface area contributed by atoms with E-state index in [1.807, 2.05) is 26.2 Å². The third kappa shape index (κ3) is 2.71. The number of nitrogens with zero attached hydrogens (tertiary/aromatic N) is 3. The summed E-state index contributed by atoms with van der Waals surface area (Å²) >= 11 is 1.53. The van der Waals surface area contributed by atoms with Crippen LogP contribution in [0.25, 0.3) is 10.2 Å². The first-order valence-corrected chi connectivity index (χ1v) is 9.12. The zero-order chi connectivity index (χ0) is 17.6. The Hall–Kier alpha value is -2.30. The normalized spacial score (nSPS) is 21.9. The third-order valence-electron chi connectivity index (χ3n) is 4.47. The van der Waals surface area contributed by atoms with Crippen LogP contribution in [0.3, 0.4) is 0 Å². The predicted molar refractivity (Wildman–Crippen MR) is 99.4 cm³/mol. The summed E-state index contributed by atoms with van der Waals surface area (Å²) < 4.78 is 6.70. The van der Waals surface area contributed by atoms with Gasteiger partial charge in [0.1, 0.15) is 11.8 Å².